The number of likely N-dealkylation sites (tertiary alicyclic amines) is 1. The molecule has 0 atom stereocenters. The number of benzene rings is 2. The van der Waals surface area contributed by atoms with Gasteiger partial charge in [0.05, 0.1) is 4.92 Å². The first-order chi connectivity index (χ1) is 13.3. The summed E-state index contributed by atoms with van der Waals surface area (Å²) >= 11 is 0. The van der Waals surface area contributed by atoms with Gasteiger partial charge in [0.15, 0.2) is 4.90 Å². The largest absolute Gasteiger partial charge is 0.339 e. The highest BCUT2D eigenvalue weighted by Gasteiger charge is 2.27. The van der Waals surface area contributed by atoms with Crippen LogP contribution in [0.2, 0.25) is 0 Å². The Morgan fingerprint density at radius 2 is 1.86 bits per heavy atom. The molecule has 3 rings (SSSR count). The van der Waals surface area contributed by atoms with Crippen molar-refractivity contribution in [2.24, 2.45) is 0 Å². The van der Waals surface area contributed by atoms with Gasteiger partial charge in [-0.25, -0.2) is 13.1 Å². The van der Waals surface area contributed by atoms with Gasteiger partial charge in [0.25, 0.3) is 11.6 Å². The zero-order valence-electron chi connectivity index (χ0n) is 15.4. The Balaban J connectivity index is 1.80. The molecule has 1 aliphatic heterocycles. The van der Waals surface area contributed by atoms with Crippen molar-refractivity contribution in [3.63, 3.8) is 0 Å². The molecule has 0 bridgehead atoms. The molecule has 1 heterocycles. The summed E-state index contributed by atoms with van der Waals surface area (Å²) in [4.78, 5) is 24.4. The van der Waals surface area contributed by atoms with Crippen LogP contribution in [0.15, 0.2) is 47.4 Å². The second kappa shape index (κ2) is 8.07. The van der Waals surface area contributed by atoms with E-state index in [-0.39, 0.29) is 17.3 Å². The van der Waals surface area contributed by atoms with E-state index in [2.05, 4.69) is 4.72 Å². The van der Waals surface area contributed by atoms with Gasteiger partial charge in [0.1, 0.15) is 0 Å². The third kappa shape index (κ3) is 4.20. The number of rotatable bonds is 6. The lowest BCUT2D eigenvalue weighted by Gasteiger charge is -2.16. The standard InChI is InChI=1S/C19H21N3O5S/c1-14-6-4-9-17(22(24)25)18(14)28(26,27)20-13-15-7-5-8-16(12-15)19(23)21-10-2-3-11-21/h4-9,12,20H,2-3,10-11,13H2,1H3. The Morgan fingerprint density at radius 1 is 1.18 bits per heavy atom. The fraction of sp³-hybridized carbons (Fsp3) is 0.316. The second-order valence-electron chi connectivity index (χ2n) is 6.70. The summed E-state index contributed by atoms with van der Waals surface area (Å²) in [7, 11) is -4.10. The van der Waals surface area contributed by atoms with Crippen LogP contribution >= 0.6 is 0 Å². The Morgan fingerprint density at radius 3 is 2.54 bits per heavy atom. The van der Waals surface area contributed by atoms with Gasteiger partial charge in [0, 0.05) is 31.3 Å². The zero-order chi connectivity index (χ0) is 20.3. The smallest absolute Gasteiger partial charge is 0.289 e. The maximum Gasteiger partial charge on any atom is 0.289 e. The first-order valence-corrected chi connectivity index (χ1v) is 10.4. The lowest BCUT2D eigenvalue weighted by atomic mass is 10.1. The summed E-state index contributed by atoms with van der Waals surface area (Å²) in [5.41, 5.74) is 0.926. The highest BCUT2D eigenvalue weighted by molar-refractivity contribution is 7.89. The van der Waals surface area contributed by atoms with Crippen molar-refractivity contribution in [1.82, 2.24) is 9.62 Å². The first kappa shape index (κ1) is 20.0. The van der Waals surface area contributed by atoms with E-state index in [0.29, 0.717) is 16.7 Å². The van der Waals surface area contributed by atoms with Crippen molar-refractivity contribution in [2.75, 3.05) is 13.1 Å². The number of carbonyl (C=O) groups is 1. The molecule has 0 unspecified atom stereocenters. The topological polar surface area (TPSA) is 110 Å². The van der Waals surface area contributed by atoms with E-state index in [4.69, 9.17) is 0 Å². The number of hydrogen-bond donors (Lipinski definition) is 1. The predicted octanol–water partition coefficient (Wildman–Crippen LogP) is 2.62. The summed E-state index contributed by atoms with van der Waals surface area (Å²) in [6, 6.07) is 10.9. The Bertz CT molecular complexity index is 1010. The molecular formula is C19H21N3O5S. The van der Waals surface area contributed by atoms with Crippen LogP contribution in [0.5, 0.6) is 0 Å². The van der Waals surface area contributed by atoms with Gasteiger partial charge in [0.2, 0.25) is 10.0 Å². The Hall–Kier alpha value is -2.78. The number of nitro benzene ring substituents is 1. The molecule has 1 aliphatic rings. The maximum absolute atomic E-state index is 12.7. The van der Waals surface area contributed by atoms with Gasteiger partial charge < -0.3 is 4.90 Å². The van der Waals surface area contributed by atoms with Crippen LogP contribution in [0.4, 0.5) is 5.69 Å². The lowest BCUT2D eigenvalue weighted by molar-refractivity contribution is -0.387. The normalized spacial score (nSPS) is 14.2. The van der Waals surface area contributed by atoms with E-state index >= 15 is 0 Å². The number of nitrogens with one attached hydrogen (secondary N) is 1. The highest BCUT2D eigenvalue weighted by Crippen LogP contribution is 2.27. The van der Waals surface area contributed by atoms with Crippen LogP contribution in [0.25, 0.3) is 0 Å². The van der Waals surface area contributed by atoms with Gasteiger partial charge in [-0.15, -0.1) is 0 Å². The molecule has 0 spiro atoms. The quantitative estimate of drug-likeness (QED) is 0.589. The first-order valence-electron chi connectivity index (χ1n) is 8.91. The summed E-state index contributed by atoms with van der Waals surface area (Å²) in [6.45, 7) is 2.89. The van der Waals surface area contributed by atoms with Crippen molar-refractivity contribution in [3.05, 3.63) is 69.3 Å². The maximum atomic E-state index is 12.7. The third-order valence-electron chi connectivity index (χ3n) is 4.69. The Kier molecular flexibility index (Phi) is 5.76. The molecule has 2 aromatic carbocycles. The average Bonchev–Trinajstić information content (AvgIpc) is 3.20. The number of nitrogens with zero attached hydrogens (tertiary/aromatic N) is 2. The SMILES string of the molecule is Cc1cccc([N+](=O)[O-])c1S(=O)(=O)NCc1cccc(C(=O)N2CCCC2)c1. The van der Waals surface area contributed by atoms with E-state index < -0.39 is 20.6 Å². The molecule has 8 nitrogen and oxygen atoms in total. The van der Waals surface area contributed by atoms with E-state index in [1.165, 1.54) is 19.1 Å². The van der Waals surface area contributed by atoms with Crippen LogP contribution in [0, 0.1) is 17.0 Å². The number of amides is 1. The van der Waals surface area contributed by atoms with Crippen molar-refractivity contribution in [1.29, 1.82) is 0 Å². The molecule has 1 fully saturated rings. The second-order valence-corrected chi connectivity index (χ2v) is 8.41. The lowest BCUT2D eigenvalue weighted by Crippen LogP contribution is -2.28. The minimum Gasteiger partial charge on any atom is -0.339 e. The Labute approximate surface area is 163 Å². The van der Waals surface area contributed by atoms with Gasteiger partial charge >= 0.3 is 0 Å². The third-order valence-corrected chi connectivity index (χ3v) is 6.28. The molecule has 9 heteroatoms. The fourth-order valence-electron chi connectivity index (χ4n) is 3.30. The van der Waals surface area contributed by atoms with Crippen molar-refractivity contribution < 1.29 is 18.1 Å². The summed E-state index contributed by atoms with van der Waals surface area (Å²) < 4.78 is 27.8. The van der Waals surface area contributed by atoms with Crippen molar-refractivity contribution in [2.45, 2.75) is 31.2 Å². The van der Waals surface area contributed by atoms with E-state index in [9.17, 15) is 23.3 Å². The van der Waals surface area contributed by atoms with Gasteiger partial charge in [-0.1, -0.05) is 24.3 Å². The number of sulfonamides is 1. The molecule has 0 radical (unpaired) electrons. The number of nitro groups is 1. The highest BCUT2D eigenvalue weighted by atomic mass is 32.2. The van der Waals surface area contributed by atoms with Gasteiger partial charge in [-0.2, -0.15) is 0 Å². The van der Waals surface area contributed by atoms with Crippen molar-refractivity contribution >= 4 is 21.6 Å². The molecule has 148 valence electrons. The van der Waals surface area contributed by atoms with Crippen LogP contribution < -0.4 is 4.72 Å². The monoisotopic (exact) mass is 403 g/mol. The van der Waals surface area contributed by atoms with Gasteiger partial charge in [-0.3, -0.25) is 14.9 Å². The molecule has 1 N–H and O–H groups in total. The van der Waals surface area contributed by atoms with Crippen LogP contribution in [0.3, 0.4) is 0 Å². The minimum absolute atomic E-state index is 0.0725. The minimum atomic E-state index is -4.10. The van der Waals surface area contributed by atoms with E-state index in [1.807, 2.05) is 0 Å². The zero-order valence-corrected chi connectivity index (χ0v) is 16.2. The van der Waals surface area contributed by atoms with Gasteiger partial charge in [-0.05, 0) is 43.0 Å². The van der Waals surface area contributed by atoms with E-state index in [1.54, 1.807) is 29.2 Å². The summed E-state index contributed by atoms with van der Waals surface area (Å²) in [5, 5.41) is 11.2. The molecule has 1 saturated heterocycles. The fourth-order valence-corrected chi connectivity index (χ4v) is 4.71. The molecule has 0 aromatic heterocycles. The average molecular weight is 403 g/mol. The number of hydrogen-bond acceptors (Lipinski definition) is 5. The van der Waals surface area contributed by atoms with Crippen LogP contribution in [0.1, 0.15) is 34.3 Å². The van der Waals surface area contributed by atoms with E-state index in [0.717, 1.165) is 32.0 Å². The van der Waals surface area contributed by atoms with Crippen LogP contribution in [-0.2, 0) is 16.6 Å². The molecule has 0 aliphatic carbocycles. The summed E-state index contributed by atoms with van der Waals surface area (Å²) in [5.74, 6) is -0.0725. The number of aryl methyl sites for hydroxylation is 1. The predicted molar refractivity (Wildman–Crippen MR) is 103 cm³/mol. The summed E-state index contributed by atoms with van der Waals surface area (Å²) in [6.07, 6.45) is 1.97. The number of carbonyl (C=O) groups excluding carboxylic acids is 1. The molecular weight excluding hydrogens is 382 g/mol. The van der Waals surface area contributed by atoms with Crippen molar-refractivity contribution in [3.8, 4) is 0 Å². The molecule has 0 saturated carbocycles. The molecule has 1 amide bonds. The molecule has 2 aromatic rings. The van der Waals surface area contributed by atoms with Crippen LogP contribution in [-0.4, -0.2) is 37.2 Å². The molecule has 28 heavy (non-hydrogen) atoms.